The predicted octanol–water partition coefficient (Wildman–Crippen LogP) is 3.97. The third kappa shape index (κ3) is 3.50. The number of nitrogens with zero attached hydrogens (tertiary/aromatic N) is 3. The number of aryl methyl sites for hydroxylation is 1. The van der Waals surface area contributed by atoms with E-state index in [2.05, 4.69) is 15.3 Å². The number of nitrogens with one attached hydrogen (secondary N) is 1. The quantitative estimate of drug-likeness (QED) is 0.599. The largest absolute Gasteiger partial charge is 0.497 e. The Hall–Kier alpha value is -3.67. The maximum Gasteiger partial charge on any atom is 0.255 e. The molecule has 0 fully saturated rings. The van der Waals surface area contributed by atoms with E-state index in [0.717, 1.165) is 22.6 Å². The van der Waals surface area contributed by atoms with Gasteiger partial charge in [-0.05, 0) is 49.4 Å². The number of carbonyl (C=O) groups is 1. The topological polar surface area (TPSA) is 68.5 Å². The molecule has 0 saturated carbocycles. The molecule has 134 valence electrons. The van der Waals surface area contributed by atoms with Crippen LogP contribution in [0.1, 0.15) is 16.1 Å². The molecule has 0 atom stereocenters. The minimum atomic E-state index is -0.169. The summed E-state index contributed by atoms with van der Waals surface area (Å²) < 4.78 is 7.00. The lowest BCUT2D eigenvalue weighted by Crippen LogP contribution is -2.11. The molecule has 2 aromatic carbocycles. The molecular weight excluding hydrogens is 340 g/mol. The van der Waals surface area contributed by atoms with Crippen molar-refractivity contribution in [1.29, 1.82) is 0 Å². The first-order chi connectivity index (χ1) is 13.1. The van der Waals surface area contributed by atoms with Crippen molar-refractivity contribution in [3.63, 3.8) is 0 Å². The van der Waals surface area contributed by atoms with Gasteiger partial charge in [-0.15, -0.1) is 0 Å². The second kappa shape index (κ2) is 6.92. The molecule has 0 bridgehead atoms. The van der Waals surface area contributed by atoms with Crippen molar-refractivity contribution < 1.29 is 9.53 Å². The molecule has 0 unspecified atom stereocenters. The second-order valence-electron chi connectivity index (χ2n) is 6.16. The summed E-state index contributed by atoms with van der Waals surface area (Å²) in [5.74, 6) is 1.22. The molecule has 2 heterocycles. The van der Waals surface area contributed by atoms with Gasteiger partial charge in [-0.3, -0.25) is 9.20 Å². The van der Waals surface area contributed by atoms with Gasteiger partial charge in [-0.2, -0.15) is 0 Å². The van der Waals surface area contributed by atoms with Crippen LogP contribution in [0.5, 0.6) is 5.75 Å². The van der Waals surface area contributed by atoms with Crippen molar-refractivity contribution in [1.82, 2.24) is 14.4 Å². The van der Waals surface area contributed by atoms with E-state index in [1.165, 1.54) is 0 Å². The SMILES string of the molecule is COc1ccc(C(=O)Nc2ccc(-c3cn4ccc(C)nc4n3)cc2)cc1. The van der Waals surface area contributed by atoms with Crippen LogP contribution >= 0.6 is 0 Å². The summed E-state index contributed by atoms with van der Waals surface area (Å²) >= 11 is 0. The molecule has 0 aliphatic heterocycles. The van der Waals surface area contributed by atoms with Gasteiger partial charge >= 0.3 is 0 Å². The number of imidazole rings is 1. The Morgan fingerprint density at radius 3 is 2.44 bits per heavy atom. The number of amides is 1. The highest BCUT2D eigenvalue weighted by Crippen LogP contribution is 2.21. The highest BCUT2D eigenvalue weighted by atomic mass is 16.5. The summed E-state index contributed by atoms with van der Waals surface area (Å²) in [5, 5.41) is 2.89. The van der Waals surface area contributed by atoms with Crippen LogP contribution in [0.4, 0.5) is 5.69 Å². The van der Waals surface area contributed by atoms with Crippen LogP contribution in [0.25, 0.3) is 17.0 Å². The zero-order valence-electron chi connectivity index (χ0n) is 15.0. The van der Waals surface area contributed by atoms with Gasteiger partial charge in [0, 0.05) is 34.9 Å². The first kappa shape index (κ1) is 16.8. The Labute approximate surface area is 156 Å². The Morgan fingerprint density at radius 1 is 1.00 bits per heavy atom. The lowest BCUT2D eigenvalue weighted by atomic mass is 10.1. The Bertz CT molecular complexity index is 1100. The van der Waals surface area contributed by atoms with Crippen LogP contribution in [0.3, 0.4) is 0 Å². The molecule has 6 heteroatoms. The molecule has 2 aromatic heterocycles. The molecule has 1 amide bonds. The minimum absolute atomic E-state index is 0.169. The number of rotatable bonds is 4. The molecular formula is C21H18N4O2. The summed E-state index contributed by atoms with van der Waals surface area (Å²) in [4.78, 5) is 21.3. The van der Waals surface area contributed by atoms with Crippen LogP contribution in [0.15, 0.2) is 67.0 Å². The van der Waals surface area contributed by atoms with Crippen LogP contribution < -0.4 is 10.1 Å². The third-order valence-electron chi connectivity index (χ3n) is 4.26. The lowest BCUT2D eigenvalue weighted by molar-refractivity contribution is 0.102. The van der Waals surface area contributed by atoms with E-state index in [1.54, 1.807) is 31.4 Å². The molecule has 0 aliphatic rings. The summed E-state index contributed by atoms with van der Waals surface area (Å²) in [7, 11) is 1.59. The van der Waals surface area contributed by atoms with Gasteiger partial charge < -0.3 is 10.1 Å². The van der Waals surface area contributed by atoms with Gasteiger partial charge in [0.2, 0.25) is 5.78 Å². The van der Waals surface area contributed by atoms with E-state index in [0.29, 0.717) is 17.1 Å². The van der Waals surface area contributed by atoms with E-state index in [4.69, 9.17) is 4.74 Å². The van der Waals surface area contributed by atoms with Crippen molar-refractivity contribution in [3.05, 3.63) is 78.2 Å². The van der Waals surface area contributed by atoms with Crippen LogP contribution in [-0.4, -0.2) is 27.4 Å². The maximum absolute atomic E-state index is 12.3. The van der Waals surface area contributed by atoms with E-state index >= 15 is 0 Å². The van der Waals surface area contributed by atoms with Gasteiger partial charge in [0.1, 0.15) is 5.75 Å². The molecule has 1 N–H and O–H groups in total. The number of benzene rings is 2. The van der Waals surface area contributed by atoms with Crippen molar-refractivity contribution >= 4 is 17.4 Å². The molecule has 6 nitrogen and oxygen atoms in total. The van der Waals surface area contributed by atoms with Crippen LogP contribution in [-0.2, 0) is 0 Å². The number of methoxy groups -OCH3 is 1. The summed E-state index contributed by atoms with van der Waals surface area (Å²) in [6.45, 7) is 1.94. The van der Waals surface area contributed by atoms with E-state index in [-0.39, 0.29) is 5.91 Å². The predicted molar refractivity (Wildman–Crippen MR) is 104 cm³/mol. The summed E-state index contributed by atoms with van der Waals surface area (Å²) in [5.41, 5.74) is 4.01. The molecule has 0 radical (unpaired) electrons. The summed E-state index contributed by atoms with van der Waals surface area (Å²) in [6, 6.07) is 16.5. The fraction of sp³-hybridized carbons (Fsp3) is 0.0952. The monoisotopic (exact) mass is 358 g/mol. The van der Waals surface area contributed by atoms with E-state index in [1.807, 2.05) is 54.0 Å². The fourth-order valence-electron chi connectivity index (χ4n) is 2.77. The zero-order chi connectivity index (χ0) is 18.8. The highest BCUT2D eigenvalue weighted by molar-refractivity contribution is 6.04. The molecule has 4 aromatic rings. The highest BCUT2D eigenvalue weighted by Gasteiger charge is 2.08. The molecule has 0 aliphatic carbocycles. The second-order valence-corrected chi connectivity index (χ2v) is 6.16. The number of hydrogen-bond donors (Lipinski definition) is 1. The van der Waals surface area contributed by atoms with Crippen molar-refractivity contribution in [2.45, 2.75) is 6.92 Å². The Morgan fingerprint density at radius 2 is 1.74 bits per heavy atom. The van der Waals surface area contributed by atoms with Crippen LogP contribution in [0.2, 0.25) is 0 Å². The number of carbonyl (C=O) groups excluding carboxylic acids is 1. The number of anilines is 1. The minimum Gasteiger partial charge on any atom is -0.497 e. The molecule has 0 saturated heterocycles. The average Bonchev–Trinajstić information content (AvgIpc) is 3.11. The Kier molecular flexibility index (Phi) is 4.30. The van der Waals surface area contributed by atoms with Crippen molar-refractivity contribution in [2.24, 2.45) is 0 Å². The Balaban J connectivity index is 1.51. The number of aromatic nitrogens is 3. The van der Waals surface area contributed by atoms with Gasteiger partial charge in [0.05, 0.1) is 12.8 Å². The number of ether oxygens (including phenoxy) is 1. The normalized spacial score (nSPS) is 10.7. The van der Waals surface area contributed by atoms with Crippen LogP contribution in [0, 0.1) is 6.92 Å². The smallest absolute Gasteiger partial charge is 0.255 e. The zero-order valence-corrected chi connectivity index (χ0v) is 15.0. The summed E-state index contributed by atoms with van der Waals surface area (Å²) in [6.07, 6.45) is 3.88. The van der Waals surface area contributed by atoms with Gasteiger partial charge in [0.15, 0.2) is 0 Å². The lowest BCUT2D eigenvalue weighted by Gasteiger charge is -2.07. The molecule has 27 heavy (non-hydrogen) atoms. The van der Waals surface area contributed by atoms with Gasteiger partial charge in [0.25, 0.3) is 5.91 Å². The van der Waals surface area contributed by atoms with E-state index in [9.17, 15) is 4.79 Å². The first-order valence-corrected chi connectivity index (χ1v) is 8.50. The number of hydrogen-bond acceptors (Lipinski definition) is 4. The fourth-order valence-corrected chi connectivity index (χ4v) is 2.77. The van der Waals surface area contributed by atoms with E-state index < -0.39 is 0 Å². The van der Waals surface area contributed by atoms with Crippen molar-refractivity contribution in [3.8, 4) is 17.0 Å². The van der Waals surface area contributed by atoms with Gasteiger partial charge in [-0.1, -0.05) is 12.1 Å². The molecule has 0 spiro atoms. The first-order valence-electron chi connectivity index (χ1n) is 8.50. The third-order valence-corrected chi connectivity index (χ3v) is 4.26. The number of fused-ring (bicyclic) bond motifs is 1. The maximum atomic E-state index is 12.3. The average molecular weight is 358 g/mol. The standard InChI is InChI=1S/C21H18N4O2/c1-14-11-12-25-13-19(24-21(25)22-14)15-3-7-17(8-4-15)23-20(26)16-5-9-18(27-2)10-6-16/h3-13H,1-2H3,(H,23,26). The van der Waals surface area contributed by atoms with Crippen molar-refractivity contribution in [2.75, 3.05) is 12.4 Å². The molecule has 4 rings (SSSR count). The van der Waals surface area contributed by atoms with Gasteiger partial charge in [-0.25, -0.2) is 9.97 Å².